The molecule has 0 atom stereocenters. The van der Waals surface area contributed by atoms with Gasteiger partial charge in [0.2, 0.25) is 0 Å². The molecule has 1 N–H and O–H groups in total. The van der Waals surface area contributed by atoms with Gasteiger partial charge in [-0.3, -0.25) is 5.32 Å². The number of rotatable bonds is 4. The molecule has 0 spiro atoms. The number of hydrogen-bond acceptors (Lipinski definition) is 4. The van der Waals surface area contributed by atoms with Crippen molar-refractivity contribution < 1.29 is 14.3 Å². The molecule has 0 bridgehead atoms. The minimum absolute atomic E-state index is 0.0758. The summed E-state index contributed by atoms with van der Waals surface area (Å²) >= 11 is 4.72. The fraction of sp³-hybridized carbons (Fsp3) is 0.750. The van der Waals surface area contributed by atoms with Crippen LogP contribution in [0.25, 0.3) is 0 Å². The van der Waals surface area contributed by atoms with Gasteiger partial charge in [0.25, 0.3) is 5.17 Å². The minimum atomic E-state index is -0.566. The van der Waals surface area contributed by atoms with Crippen molar-refractivity contribution >= 4 is 23.5 Å². The molecule has 0 aliphatic heterocycles. The van der Waals surface area contributed by atoms with Crippen LogP contribution in [0.15, 0.2) is 0 Å². The normalized spacial score (nSPS) is 9.08. The molecule has 0 unspecified atom stereocenters. The molecule has 0 saturated heterocycles. The van der Waals surface area contributed by atoms with E-state index in [-0.39, 0.29) is 5.17 Å². The van der Waals surface area contributed by atoms with Crippen molar-refractivity contribution in [2.75, 3.05) is 13.2 Å². The van der Waals surface area contributed by atoms with E-state index in [0.717, 1.165) is 12.8 Å². The Morgan fingerprint density at radius 1 is 1.38 bits per heavy atom. The average Bonchev–Trinajstić information content (AvgIpc) is 2.05. The van der Waals surface area contributed by atoms with Gasteiger partial charge < -0.3 is 9.47 Å². The molecule has 0 aromatic rings. The van der Waals surface area contributed by atoms with Crippen molar-refractivity contribution in [2.24, 2.45) is 0 Å². The number of hydrogen-bond donors (Lipinski definition) is 1. The molecule has 0 aromatic carbocycles. The number of carbonyl (C=O) groups is 1. The monoisotopic (exact) mass is 205 g/mol. The van der Waals surface area contributed by atoms with E-state index in [1.54, 1.807) is 6.92 Å². The topological polar surface area (TPSA) is 47.6 Å². The summed E-state index contributed by atoms with van der Waals surface area (Å²) in [5, 5.41) is 2.36. The van der Waals surface area contributed by atoms with Crippen molar-refractivity contribution in [1.29, 1.82) is 0 Å². The van der Waals surface area contributed by atoms with Crippen molar-refractivity contribution in [3.8, 4) is 0 Å². The maximum absolute atomic E-state index is 10.8. The first-order valence-electron chi connectivity index (χ1n) is 4.31. The fourth-order valence-corrected chi connectivity index (χ4v) is 0.762. The van der Waals surface area contributed by atoms with Gasteiger partial charge in [-0.2, -0.15) is 0 Å². The molecule has 4 nitrogen and oxygen atoms in total. The lowest BCUT2D eigenvalue weighted by molar-refractivity contribution is 0.154. The zero-order valence-corrected chi connectivity index (χ0v) is 8.78. The van der Waals surface area contributed by atoms with Gasteiger partial charge in [-0.25, -0.2) is 4.79 Å². The van der Waals surface area contributed by atoms with Gasteiger partial charge in [-0.1, -0.05) is 13.3 Å². The molecule has 0 aliphatic rings. The van der Waals surface area contributed by atoms with E-state index in [1.807, 2.05) is 6.92 Å². The van der Waals surface area contributed by atoms with Gasteiger partial charge in [0, 0.05) is 0 Å². The van der Waals surface area contributed by atoms with Crippen LogP contribution in [0.3, 0.4) is 0 Å². The Bertz CT molecular complexity index is 173. The summed E-state index contributed by atoms with van der Waals surface area (Å²) in [7, 11) is 0. The van der Waals surface area contributed by atoms with E-state index < -0.39 is 6.09 Å². The molecule has 0 fully saturated rings. The summed E-state index contributed by atoms with van der Waals surface area (Å²) in [5.74, 6) is 0. The van der Waals surface area contributed by atoms with Gasteiger partial charge in [0.15, 0.2) is 0 Å². The van der Waals surface area contributed by atoms with E-state index in [4.69, 9.17) is 17.0 Å². The van der Waals surface area contributed by atoms with Crippen molar-refractivity contribution in [2.45, 2.75) is 26.7 Å². The van der Waals surface area contributed by atoms with Crippen molar-refractivity contribution in [1.82, 2.24) is 5.32 Å². The van der Waals surface area contributed by atoms with Crippen LogP contribution in [-0.4, -0.2) is 24.5 Å². The molecule has 0 rings (SSSR count). The van der Waals surface area contributed by atoms with Gasteiger partial charge in [-0.15, -0.1) is 0 Å². The lowest BCUT2D eigenvalue weighted by atomic mass is 10.4. The Labute approximate surface area is 83.6 Å². The van der Waals surface area contributed by atoms with Crippen LogP contribution in [0, 0.1) is 0 Å². The van der Waals surface area contributed by atoms with Gasteiger partial charge >= 0.3 is 6.09 Å². The van der Waals surface area contributed by atoms with Crippen LogP contribution in [0.1, 0.15) is 26.7 Å². The predicted molar refractivity (Wildman–Crippen MR) is 53.6 cm³/mol. The number of thiocarbonyl (C=S) groups is 1. The Kier molecular flexibility index (Phi) is 7.29. The Morgan fingerprint density at radius 3 is 2.62 bits per heavy atom. The van der Waals surface area contributed by atoms with E-state index in [0.29, 0.717) is 13.2 Å². The Hall–Kier alpha value is -0.840. The largest absolute Gasteiger partial charge is 0.471 e. The minimum Gasteiger partial charge on any atom is -0.471 e. The van der Waals surface area contributed by atoms with E-state index >= 15 is 0 Å². The third kappa shape index (κ3) is 7.52. The first-order valence-corrected chi connectivity index (χ1v) is 4.72. The Balaban J connectivity index is 3.44. The third-order valence-corrected chi connectivity index (χ3v) is 1.43. The first-order chi connectivity index (χ1) is 6.20. The molecule has 0 aliphatic carbocycles. The molecular formula is C8H15NO3S. The zero-order chi connectivity index (χ0) is 10.1. The fourth-order valence-electron chi connectivity index (χ4n) is 0.596. The number of unbranched alkanes of at least 4 members (excludes halogenated alkanes) is 1. The molecule has 1 amide bonds. The summed E-state index contributed by atoms with van der Waals surface area (Å²) in [5.41, 5.74) is 0. The average molecular weight is 205 g/mol. The predicted octanol–water partition coefficient (Wildman–Crippen LogP) is 1.83. The second kappa shape index (κ2) is 7.79. The van der Waals surface area contributed by atoms with E-state index in [2.05, 4.69) is 10.1 Å². The van der Waals surface area contributed by atoms with Crippen LogP contribution < -0.4 is 5.32 Å². The second-order valence-corrected chi connectivity index (χ2v) is 2.71. The third-order valence-electron chi connectivity index (χ3n) is 1.21. The quantitative estimate of drug-likeness (QED) is 0.562. The standard InChI is InChI=1S/C8H15NO3S/c1-3-5-6-12-8(13)9-7(10)11-4-2/h3-6H2,1-2H3,(H,9,10,13). The lowest BCUT2D eigenvalue weighted by Crippen LogP contribution is -2.31. The summed E-state index contributed by atoms with van der Waals surface area (Å²) in [6, 6.07) is 0. The maximum Gasteiger partial charge on any atom is 0.414 e. The highest BCUT2D eigenvalue weighted by molar-refractivity contribution is 7.80. The van der Waals surface area contributed by atoms with Crippen LogP contribution >= 0.6 is 12.2 Å². The summed E-state index contributed by atoms with van der Waals surface area (Å²) in [6.45, 7) is 4.62. The lowest BCUT2D eigenvalue weighted by Gasteiger charge is -2.07. The maximum atomic E-state index is 10.8. The van der Waals surface area contributed by atoms with Gasteiger partial charge in [-0.05, 0) is 25.6 Å². The van der Waals surface area contributed by atoms with Gasteiger partial charge in [0.1, 0.15) is 0 Å². The number of amides is 1. The first kappa shape index (κ1) is 12.2. The number of ether oxygens (including phenoxy) is 2. The molecule has 0 heterocycles. The molecule has 0 saturated carbocycles. The van der Waals surface area contributed by atoms with Crippen LogP contribution in [0.2, 0.25) is 0 Å². The highest BCUT2D eigenvalue weighted by atomic mass is 32.1. The van der Waals surface area contributed by atoms with E-state index in [9.17, 15) is 4.79 Å². The summed E-state index contributed by atoms with van der Waals surface area (Å²) in [6.07, 6.45) is 1.39. The molecule has 0 aromatic heterocycles. The summed E-state index contributed by atoms with van der Waals surface area (Å²) in [4.78, 5) is 10.8. The smallest absolute Gasteiger partial charge is 0.414 e. The molecule has 5 heteroatoms. The molecule has 0 radical (unpaired) electrons. The number of carbonyl (C=O) groups excluding carboxylic acids is 1. The van der Waals surface area contributed by atoms with E-state index in [1.165, 1.54) is 0 Å². The number of alkyl carbamates (subject to hydrolysis) is 1. The Morgan fingerprint density at radius 2 is 2.08 bits per heavy atom. The van der Waals surface area contributed by atoms with Crippen molar-refractivity contribution in [3.63, 3.8) is 0 Å². The molecule has 76 valence electrons. The molecule has 13 heavy (non-hydrogen) atoms. The zero-order valence-electron chi connectivity index (χ0n) is 7.96. The van der Waals surface area contributed by atoms with Crippen LogP contribution in [0.4, 0.5) is 4.79 Å². The number of nitrogens with one attached hydrogen (secondary N) is 1. The van der Waals surface area contributed by atoms with Gasteiger partial charge in [0.05, 0.1) is 13.2 Å². The highest BCUT2D eigenvalue weighted by Gasteiger charge is 2.03. The van der Waals surface area contributed by atoms with Crippen molar-refractivity contribution in [3.05, 3.63) is 0 Å². The second-order valence-electron chi connectivity index (χ2n) is 2.33. The highest BCUT2D eigenvalue weighted by Crippen LogP contribution is 1.89. The SMILES string of the molecule is CCCCOC(=S)NC(=O)OCC. The molecular weight excluding hydrogens is 190 g/mol. The van der Waals surface area contributed by atoms with Crippen LogP contribution in [-0.2, 0) is 9.47 Å². The summed E-state index contributed by atoms with van der Waals surface area (Å²) < 4.78 is 9.62. The van der Waals surface area contributed by atoms with Crippen LogP contribution in [0.5, 0.6) is 0 Å².